The second-order valence-electron chi connectivity index (χ2n) is 6.85. The summed E-state index contributed by atoms with van der Waals surface area (Å²) in [6.07, 6.45) is 2.69. The fourth-order valence-electron chi connectivity index (χ4n) is 2.80. The highest BCUT2D eigenvalue weighted by molar-refractivity contribution is 5.25. The Morgan fingerprint density at radius 3 is 2.25 bits per heavy atom. The average molecular weight is 329 g/mol. The minimum absolute atomic E-state index is 0.125. The molecule has 24 heavy (non-hydrogen) atoms. The van der Waals surface area contributed by atoms with Crippen LogP contribution >= 0.6 is 0 Å². The molecule has 5 nitrogen and oxygen atoms in total. The van der Waals surface area contributed by atoms with Crippen LogP contribution in [0.1, 0.15) is 43.5 Å². The Hall–Kier alpha value is -2.14. The third-order valence-electron chi connectivity index (χ3n) is 4.24. The summed E-state index contributed by atoms with van der Waals surface area (Å²) in [5, 5.41) is 3.36. The van der Waals surface area contributed by atoms with Crippen molar-refractivity contribution in [3.05, 3.63) is 68.0 Å². The number of aryl methyl sites for hydroxylation is 1. The zero-order valence-electron chi connectivity index (χ0n) is 15.2. The van der Waals surface area contributed by atoms with Crippen molar-refractivity contribution in [3.63, 3.8) is 0 Å². The number of hydrogen-bond acceptors (Lipinski definition) is 3. The van der Waals surface area contributed by atoms with Crippen molar-refractivity contribution in [2.75, 3.05) is 0 Å². The maximum Gasteiger partial charge on any atom is 0.330 e. The molecule has 0 aliphatic heterocycles. The van der Waals surface area contributed by atoms with Gasteiger partial charge in [0.2, 0.25) is 0 Å². The first kappa shape index (κ1) is 18.2. The summed E-state index contributed by atoms with van der Waals surface area (Å²) in [7, 11) is 3.16. The second-order valence-corrected chi connectivity index (χ2v) is 6.85. The molecular formula is C19H27N3O2. The standard InChI is InChI=1S/C19H27N3O2/c1-13(2)10-15-6-8-16(9-7-15)14(3)20-11-17-12-21(4)19(24)22(5)18(17)23/h6-9,12-14,20H,10-11H2,1-5H3. The van der Waals surface area contributed by atoms with E-state index in [1.807, 2.05) is 0 Å². The third kappa shape index (κ3) is 4.23. The van der Waals surface area contributed by atoms with Gasteiger partial charge < -0.3 is 9.88 Å². The number of hydrogen-bond donors (Lipinski definition) is 1. The highest BCUT2D eigenvalue weighted by atomic mass is 16.2. The van der Waals surface area contributed by atoms with Gasteiger partial charge in [-0.05, 0) is 30.4 Å². The number of aromatic nitrogens is 2. The minimum atomic E-state index is -0.308. The molecule has 0 radical (unpaired) electrons. The van der Waals surface area contributed by atoms with E-state index in [9.17, 15) is 9.59 Å². The topological polar surface area (TPSA) is 56.0 Å². The molecule has 1 unspecified atom stereocenters. The van der Waals surface area contributed by atoms with Crippen LogP contribution in [-0.2, 0) is 27.1 Å². The predicted octanol–water partition coefficient (Wildman–Crippen LogP) is 2.13. The lowest BCUT2D eigenvalue weighted by atomic mass is 10.00. The Labute approximate surface area is 143 Å². The van der Waals surface area contributed by atoms with Crippen molar-refractivity contribution < 1.29 is 0 Å². The first-order valence-corrected chi connectivity index (χ1v) is 8.37. The van der Waals surface area contributed by atoms with E-state index in [4.69, 9.17) is 0 Å². The lowest BCUT2D eigenvalue weighted by Gasteiger charge is -2.15. The smallest absolute Gasteiger partial charge is 0.306 e. The van der Waals surface area contributed by atoms with Crippen LogP contribution in [0, 0.1) is 5.92 Å². The van der Waals surface area contributed by atoms with Crippen LogP contribution in [0.3, 0.4) is 0 Å². The minimum Gasteiger partial charge on any atom is -0.306 e. The van der Waals surface area contributed by atoms with E-state index in [1.165, 1.54) is 22.7 Å². The average Bonchev–Trinajstić information content (AvgIpc) is 2.55. The van der Waals surface area contributed by atoms with Gasteiger partial charge in [0, 0.05) is 38.4 Å². The van der Waals surface area contributed by atoms with E-state index >= 15 is 0 Å². The van der Waals surface area contributed by atoms with Crippen LogP contribution < -0.4 is 16.6 Å². The quantitative estimate of drug-likeness (QED) is 0.883. The molecule has 0 aliphatic carbocycles. The molecule has 0 saturated heterocycles. The van der Waals surface area contributed by atoms with Crippen LogP contribution in [-0.4, -0.2) is 9.13 Å². The normalized spacial score (nSPS) is 12.6. The molecule has 1 heterocycles. The van der Waals surface area contributed by atoms with Gasteiger partial charge in [-0.3, -0.25) is 9.36 Å². The Kier molecular flexibility index (Phi) is 5.78. The molecule has 0 spiro atoms. The highest BCUT2D eigenvalue weighted by Gasteiger charge is 2.10. The molecule has 1 N–H and O–H groups in total. The van der Waals surface area contributed by atoms with E-state index in [1.54, 1.807) is 13.2 Å². The largest absolute Gasteiger partial charge is 0.330 e. The fourth-order valence-corrected chi connectivity index (χ4v) is 2.80. The summed E-state index contributed by atoms with van der Waals surface area (Å²) < 4.78 is 2.58. The van der Waals surface area contributed by atoms with E-state index in [2.05, 4.69) is 50.4 Å². The maximum atomic E-state index is 12.1. The lowest BCUT2D eigenvalue weighted by Crippen LogP contribution is -2.39. The molecule has 1 aromatic carbocycles. The van der Waals surface area contributed by atoms with Gasteiger partial charge in [-0.2, -0.15) is 0 Å². The van der Waals surface area contributed by atoms with Crippen molar-refractivity contribution >= 4 is 0 Å². The van der Waals surface area contributed by atoms with E-state index in [0.717, 1.165) is 11.0 Å². The van der Waals surface area contributed by atoms with Gasteiger partial charge in [0.15, 0.2) is 0 Å². The number of nitrogens with one attached hydrogen (secondary N) is 1. The first-order valence-electron chi connectivity index (χ1n) is 8.37. The van der Waals surface area contributed by atoms with E-state index in [-0.39, 0.29) is 17.3 Å². The van der Waals surface area contributed by atoms with Crippen LogP contribution in [0.4, 0.5) is 0 Å². The maximum absolute atomic E-state index is 12.1. The van der Waals surface area contributed by atoms with Crippen LogP contribution in [0.15, 0.2) is 40.1 Å². The molecule has 130 valence electrons. The van der Waals surface area contributed by atoms with Gasteiger partial charge in [-0.15, -0.1) is 0 Å². The van der Waals surface area contributed by atoms with Crippen LogP contribution in [0.5, 0.6) is 0 Å². The van der Waals surface area contributed by atoms with Crippen molar-refractivity contribution in [2.24, 2.45) is 20.0 Å². The lowest BCUT2D eigenvalue weighted by molar-refractivity contribution is 0.558. The van der Waals surface area contributed by atoms with Gasteiger partial charge in [-0.25, -0.2) is 4.79 Å². The van der Waals surface area contributed by atoms with Gasteiger partial charge in [0.1, 0.15) is 0 Å². The number of nitrogens with zero attached hydrogens (tertiary/aromatic N) is 2. The SMILES string of the molecule is CC(C)Cc1ccc(C(C)NCc2cn(C)c(=O)n(C)c2=O)cc1. The Morgan fingerprint density at radius 1 is 1.04 bits per heavy atom. The summed E-state index contributed by atoms with van der Waals surface area (Å²) in [6, 6.07) is 8.72. The molecule has 2 aromatic rings. The van der Waals surface area contributed by atoms with Gasteiger partial charge in [0.25, 0.3) is 5.56 Å². The van der Waals surface area contributed by atoms with E-state index < -0.39 is 0 Å². The van der Waals surface area contributed by atoms with Crippen LogP contribution in [0.25, 0.3) is 0 Å². The van der Waals surface area contributed by atoms with Crippen molar-refractivity contribution in [1.29, 1.82) is 0 Å². The monoisotopic (exact) mass is 329 g/mol. The molecule has 2 rings (SSSR count). The van der Waals surface area contributed by atoms with Crippen molar-refractivity contribution in [1.82, 2.24) is 14.5 Å². The van der Waals surface area contributed by atoms with E-state index in [0.29, 0.717) is 18.0 Å². The van der Waals surface area contributed by atoms with Gasteiger partial charge >= 0.3 is 5.69 Å². The Balaban J connectivity index is 2.07. The highest BCUT2D eigenvalue weighted by Crippen LogP contribution is 2.15. The van der Waals surface area contributed by atoms with Crippen LogP contribution in [0.2, 0.25) is 0 Å². The summed E-state index contributed by atoms with van der Waals surface area (Å²) in [6.45, 7) is 6.93. The Bertz CT molecular complexity index is 801. The number of rotatable bonds is 6. The first-order chi connectivity index (χ1) is 11.3. The summed E-state index contributed by atoms with van der Waals surface area (Å²) in [5.74, 6) is 0.646. The summed E-state index contributed by atoms with van der Waals surface area (Å²) in [5.41, 5.74) is 2.56. The molecule has 0 aliphatic rings. The molecule has 0 fully saturated rings. The summed E-state index contributed by atoms with van der Waals surface area (Å²) >= 11 is 0. The Morgan fingerprint density at radius 2 is 1.67 bits per heavy atom. The van der Waals surface area contributed by atoms with Crippen molar-refractivity contribution in [3.8, 4) is 0 Å². The second kappa shape index (κ2) is 7.62. The molecule has 1 aromatic heterocycles. The molecule has 0 bridgehead atoms. The molecule has 0 saturated carbocycles. The summed E-state index contributed by atoms with van der Waals surface area (Å²) in [4.78, 5) is 23.9. The third-order valence-corrected chi connectivity index (χ3v) is 4.24. The molecule has 0 amide bonds. The zero-order valence-corrected chi connectivity index (χ0v) is 15.2. The fraction of sp³-hybridized carbons (Fsp3) is 0.474. The zero-order chi connectivity index (χ0) is 17.9. The molecule has 5 heteroatoms. The van der Waals surface area contributed by atoms with Gasteiger partial charge in [0.05, 0.1) is 0 Å². The van der Waals surface area contributed by atoms with Gasteiger partial charge in [-0.1, -0.05) is 38.1 Å². The predicted molar refractivity (Wildman–Crippen MR) is 97.2 cm³/mol. The molecular weight excluding hydrogens is 302 g/mol. The van der Waals surface area contributed by atoms with Crippen molar-refractivity contribution in [2.45, 2.75) is 39.8 Å². The number of benzene rings is 1. The molecule has 1 atom stereocenters.